The zero-order chi connectivity index (χ0) is 22.8. The topological polar surface area (TPSA) is 106 Å². The van der Waals surface area contributed by atoms with Gasteiger partial charge in [0.1, 0.15) is 6.17 Å². The van der Waals surface area contributed by atoms with Crippen LogP contribution in [0.25, 0.3) is 11.3 Å². The van der Waals surface area contributed by atoms with Crippen LogP contribution in [0.3, 0.4) is 0 Å². The molecular weight excluding hydrogens is 415 g/mol. The summed E-state index contributed by atoms with van der Waals surface area (Å²) >= 11 is 0. The monoisotopic (exact) mass is 440 g/mol. The zero-order valence-corrected chi connectivity index (χ0v) is 18.2. The van der Waals surface area contributed by atoms with Crippen molar-refractivity contribution >= 4 is 11.8 Å². The molecule has 2 atom stereocenters. The second-order valence-corrected chi connectivity index (χ2v) is 8.30. The highest BCUT2D eigenvalue weighted by atomic mass is 19.1. The number of alkyl halides is 1. The third-order valence-electron chi connectivity index (χ3n) is 5.26. The van der Waals surface area contributed by atoms with Crippen LogP contribution < -0.4 is 5.32 Å². The average molecular weight is 440 g/mol. The first-order valence-corrected chi connectivity index (χ1v) is 10.5. The number of rotatable bonds is 6. The molecule has 3 aromatic rings. The molecule has 0 radical (unpaired) electrons. The van der Waals surface area contributed by atoms with Crippen LogP contribution in [0.4, 0.5) is 4.39 Å². The molecule has 9 nitrogen and oxygen atoms in total. The number of benzene rings is 1. The molecule has 1 aliphatic heterocycles. The Bertz CT molecular complexity index is 1120. The lowest BCUT2D eigenvalue weighted by molar-refractivity contribution is 0.0709. The third kappa shape index (κ3) is 4.53. The number of amides is 2. The molecule has 2 unspecified atom stereocenters. The van der Waals surface area contributed by atoms with Gasteiger partial charge in [-0.25, -0.2) is 14.1 Å². The molecule has 168 valence electrons. The van der Waals surface area contributed by atoms with Crippen molar-refractivity contribution in [3.05, 3.63) is 53.8 Å². The number of carbonyl (C=O) groups is 2. The van der Waals surface area contributed by atoms with Crippen LogP contribution in [0, 0.1) is 6.92 Å². The minimum absolute atomic E-state index is 0.0343. The summed E-state index contributed by atoms with van der Waals surface area (Å²) in [6, 6.07) is 7.06. The van der Waals surface area contributed by atoms with Crippen molar-refractivity contribution in [2.45, 2.75) is 52.0 Å². The number of oxazole rings is 1. The highest BCUT2D eigenvalue weighted by molar-refractivity contribution is 5.98. The molecule has 1 fully saturated rings. The van der Waals surface area contributed by atoms with E-state index in [-0.39, 0.29) is 42.8 Å². The predicted octanol–water partition coefficient (Wildman–Crippen LogP) is 2.63. The van der Waals surface area contributed by atoms with Crippen LogP contribution in [-0.2, 0) is 6.54 Å². The average Bonchev–Trinajstić information content (AvgIpc) is 3.47. The summed E-state index contributed by atoms with van der Waals surface area (Å²) in [4.78, 5) is 31.0. The Morgan fingerprint density at radius 1 is 1.34 bits per heavy atom. The van der Waals surface area contributed by atoms with Gasteiger partial charge in [-0.15, -0.1) is 5.10 Å². The summed E-state index contributed by atoms with van der Waals surface area (Å²) in [5, 5.41) is 10.6. The molecule has 4 rings (SSSR count). The van der Waals surface area contributed by atoms with E-state index in [1.165, 1.54) is 22.2 Å². The lowest BCUT2D eigenvalue weighted by Gasteiger charge is -2.23. The zero-order valence-electron chi connectivity index (χ0n) is 18.2. The number of hydrogen-bond acceptors (Lipinski definition) is 6. The van der Waals surface area contributed by atoms with E-state index >= 15 is 0 Å². The lowest BCUT2D eigenvalue weighted by Crippen LogP contribution is -2.38. The molecule has 0 saturated carbocycles. The molecule has 1 aliphatic rings. The molecule has 1 N–H and O–H groups in total. The van der Waals surface area contributed by atoms with E-state index in [1.54, 1.807) is 0 Å². The Kier molecular flexibility index (Phi) is 6.02. The summed E-state index contributed by atoms with van der Waals surface area (Å²) in [5.74, 6) is -0.384. The Balaban J connectivity index is 1.53. The second kappa shape index (κ2) is 8.89. The number of aromatic nitrogens is 4. The van der Waals surface area contributed by atoms with E-state index < -0.39 is 18.1 Å². The number of nitrogens with one attached hydrogen (secondary N) is 1. The van der Waals surface area contributed by atoms with Crippen molar-refractivity contribution in [3.8, 4) is 11.3 Å². The van der Waals surface area contributed by atoms with Crippen molar-refractivity contribution in [1.82, 2.24) is 30.2 Å². The minimum atomic E-state index is -1.16. The summed E-state index contributed by atoms with van der Waals surface area (Å²) < 4.78 is 21.3. The number of hydrogen-bond donors (Lipinski definition) is 1. The smallest absolute Gasteiger partial charge is 0.276 e. The highest BCUT2D eigenvalue weighted by Crippen LogP contribution is 2.29. The van der Waals surface area contributed by atoms with Crippen molar-refractivity contribution in [2.75, 3.05) is 6.54 Å². The first-order chi connectivity index (χ1) is 15.3. The molecule has 3 heterocycles. The highest BCUT2D eigenvalue weighted by Gasteiger charge is 2.38. The molecule has 1 aromatic carbocycles. The van der Waals surface area contributed by atoms with Crippen LogP contribution in [0.2, 0.25) is 0 Å². The summed E-state index contributed by atoms with van der Waals surface area (Å²) in [7, 11) is 0. The van der Waals surface area contributed by atoms with Gasteiger partial charge in [0.25, 0.3) is 11.8 Å². The third-order valence-corrected chi connectivity index (χ3v) is 5.26. The van der Waals surface area contributed by atoms with Crippen molar-refractivity contribution in [2.24, 2.45) is 0 Å². The van der Waals surface area contributed by atoms with Gasteiger partial charge in [0.2, 0.25) is 0 Å². The second-order valence-electron chi connectivity index (χ2n) is 8.30. The lowest BCUT2D eigenvalue weighted by atomic mass is 10.1. The molecule has 1 saturated heterocycles. The van der Waals surface area contributed by atoms with Gasteiger partial charge in [-0.1, -0.05) is 29.0 Å². The SMILES string of the molecule is Cc1cccc(-c2ocnc2C(=O)N2CC(F)CC2Cn2cc(C(=O)NC(C)C)nn2)c1. The quantitative estimate of drug-likeness (QED) is 0.632. The summed E-state index contributed by atoms with van der Waals surface area (Å²) in [5.41, 5.74) is 2.06. The van der Waals surface area contributed by atoms with Crippen LogP contribution in [0.1, 0.15) is 46.8 Å². The van der Waals surface area contributed by atoms with E-state index in [0.29, 0.717) is 5.76 Å². The molecule has 0 aliphatic carbocycles. The molecule has 32 heavy (non-hydrogen) atoms. The van der Waals surface area contributed by atoms with Crippen LogP contribution in [-0.4, -0.2) is 61.5 Å². The van der Waals surface area contributed by atoms with E-state index in [9.17, 15) is 14.0 Å². The fourth-order valence-corrected chi connectivity index (χ4v) is 3.85. The summed E-state index contributed by atoms with van der Waals surface area (Å²) in [6.45, 7) is 5.81. The predicted molar refractivity (Wildman–Crippen MR) is 114 cm³/mol. The molecule has 0 spiro atoms. The Labute approximate surface area is 184 Å². The van der Waals surface area contributed by atoms with E-state index in [4.69, 9.17) is 4.42 Å². The van der Waals surface area contributed by atoms with Gasteiger partial charge in [-0.2, -0.15) is 0 Å². The van der Waals surface area contributed by atoms with Gasteiger partial charge >= 0.3 is 0 Å². The number of likely N-dealkylation sites (tertiary alicyclic amines) is 1. The van der Waals surface area contributed by atoms with Crippen LogP contribution >= 0.6 is 0 Å². The standard InChI is InChI=1S/C22H25FN6O3/c1-13(2)25-21(30)18-11-28(27-26-18)10-17-8-16(23)9-29(17)22(31)19-20(32-12-24-19)15-6-4-5-14(3)7-15/h4-7,11-13,16-17H,8-10H2,1-3H3,(H,25,30). The molecule has 10 heteroatoms. The Morgan fingerprint density at radius 3 is 2.91 bits per heavy atom. The molecule has 2 amide bonds. The fraction of sp³-hybridized carbons (Fsp3) is 0.409. The van der Waals surface area contributed by atoms with Gasteiger partial charge in [-0.3, -0.25) is 9.59 Å². The van der Waals surface area contributed by atoms with Crippen molar-refractivity contribution in [1.29, 1.82) is 0 Å². The van der Waals surface area contributed by atoms with Crippen molar-refractivity contribution < 1.29 is 18.4 Å². The van der Waals surface area contributed by atoms with Crippen LogP contribution in [0.15, 0.2) is 41.3 Å². The van der Waals surface area contributed by atoms with Crippen molar-refractivity contribution in [3.63, 3.8) is 0 Å². The van der Waals surface area contributed by atoms with E-state index in [0.717, 1.165) is 11.1 Å². The minimum Gasteiger partial charge on any atom is -0.443 e. The van der Waals surface area contributed by atoms with Gasteiger partial charge in [0.05, 0.1) is 25.3 Å². The number of aryl methyl sites for hydroxylation is 1. The van der Waals surface area contributed by atoms with E-state index in [1.807, 2.05) is 45.0 Å². The van der Waals surface area contributed by atoms with E-state index in [2.05, 4.69) is 20.6 Å². The Morgan fingerprint density at radius 2 is 2.16 bits per heavy atom. The first kappa shape index (κ1) is 21.7. The molecule has 2 aromatic heterocycles. The van der Waals surface area contributed by atoms with Gasteiger partial charge < -0.3 is 14.6 Å². The van der Waals surface area contributed by atoms with Gasteiger partial charge in [-0.05, 0) is 26.8 Å². The Hall–Kier alpha value is -3.56. The van der Waals surface area contributed by atoms with Crippen LogP contribution in [0.5, 0.6) is 0 Å². The number of halogens is 1. The number of carbonyl (C=O) groups excluding carboxylic acids is 2. The normalized spacial score (nSPS) is 18.3. The molecular formula is C22H25FN6O3. The molecule has 0 bridgehead atoms. The van der Waals surface area contributed by atoms with Gasteiger partial charge in [0.15, 0.2) is 23.5 Å². The number of nitrogens with zero attached hydrogens (tertiary/aromatic N) is 5. The summed E-state index contributed by atoms with van der Waals surface area (Å²) in [6.07, 6.45) is 1.72. The first-order valence-electron chi connectivity index (χ1n) is 10.5. The maximum Gasteiger partial charge on any atom is 0.276 e. The fourth-order valence-electron chi connectivity index (χ4n) is 3.85. The maximum absolute atomic E-state index is 14.3. The van der Waals surface area contributed by atoms with Gasteiger partial charge in [0, 0.05) is 18.0 Å². The maximum atomic E-state index is 14.3. The largest absolute Gasteiger partial charge is 0.443 e.